The zero-order valence-corrected chi connectivity index (χ0v) is 20.1. The average molecular weight is 425 g/mol. The molecule has 0 heterocycles. The minimum Gasteiger partial charge on any atom is -0.0654 e. The van der Waals surface area contributed by atoms with Crippen LogP contribution >= 0.6 is 0 Å². The SMILES string of the molecule is CCCC1CCC(CCc2ccc(-c3ccc(CC(C)c4ccccc4)cc3)cc2)CC1. The predicted molar refractivity (Wildman–Crippen MR) is 139 cm³/mol. The second-order valence-electron chi connectivity index (χ2n) is 10.1. The van der Waals surface area contributed by atoms with Gasteiger partial charge in [0.2, 0.25) is 0 Å². The van der Waals surface area contributed by atoms with Gasteiger partial charge in [0.25, 0.3) is 0 Å². The average Bonchev–Trinajstić information content (AvgIpc) is 2.85. The first-order chi connectivity index (χ1) is 15.7. The van der Waals surface area contributed by atoms with E-state index in [1.807, 2.05) is 0 Å². The Bertz CT molecular complexity index is 912. The smallest absolute Gasteiger partial charge is 0.0150 e. The molecule has 1 aliphatic carbocycles. The van der Waals surface area contributed by atoms with Crippen LogP contribution in [0.25, 0.3) is 11.1 Å². The zero-order valence-electron chi connectivity index (χ0n) is 20.1. The second-order valence-corrected chi connectivity index (χ2v) is 10.1. The van der Waals surface area contributed by atoms with Crippen molar-refractivity contribution in [1.29, 1.82) is 0 Å². The maximum Gasteiger partial charge on any atom is -0.0150 e. The van der Waals surface area contributed by atoms with E-state index in [0.717, 1.165) is 18.3 Å². The lowest BCUT2D eigenvalue weighted by molar-refractivity contribution is 0.252. The quantitative estimate of drug-likeness (QED) is 0.321. The van der Waals surface area contributed by atoms with Crippen molar-refractivity contribution in [3.8, 4) is 11.1 Å². The van der Waals surface area contributed by atoms with Gasteiger partial charge >= 0.3 is 0 Å². The van der Waals surface area contributed by atoms with Crippen molar-refractivity contribution in [2.45, 2.75) is 77.6 Å². The van der Waals surface area contributed by atoms with Gasteiger partial charge in [-0.1, -0.05) is 131 Å². The largest absolute Gasteiger partial charge is 0.0654 e. The predicted octanol–water partition coefficient (Wildman–Crippen LogP) is 9.24. The summed E-state index contributed by atoms with van der Waals surface area (Å²) in [4.78, 5) is 0. The molecule has 1 saturated carbocycles. The van der Waals surface area contributed by atoms with Crippen LogP contribution in [0, 0.1) is 11.8 Å². The Balaban J connectivity index is 1.27. The molecule has 168 valence electrons. The van der Waals surface area contributed by atoms with E-state index in [1.165, 1.54) is 79.2 Å². The van der Waals surface area contributed by atoms with Gasteiger partial charge in [0, 0.05) is 0 Å². The van der Waals surface area contributed by atoms with Gasteiger partial charge in [0.15, 0.2) is 0 Å². The number of aryl methyl sites for hydroxylation is 1. The summed E-state index contributed by atoms with van der Waals surface area (Å²) in [6.07, 6.45) is 12.3. The first kappa shape index (κ1) is 22.8. The highest BCUT2D eigenvalue weighted by Crippen LogP contribution is 2.34. The summed E-state index contributed by atoms with van der Waals surface area (Å²) >= 11 is 0. The molecule has 1 atom stereocenters. The van der Waals surface area contributed by atoms with E-state index in [-0.39, 0.29) is 0 Å². The summed E-state index contributed by atoms with van der Waals surface area (Å²) in [6, 6.07) is 29.3. The van der Waals surface area contributed by atoms with Crippen LogP contribution in [-0.4, -0.2) is 0 Å². The van der Waals surface area contributed by atoms with Gasteiger partial charge in [-0.2, -0.15) is 0 Å². The molecule has 0 amide bonds. The molecule has 4 rings (SSSR count). The Hall–Kier alpha value is -2.34. The molecule has 0 radical (unpaired) electrons. The molecule has 0 N–H and O–H groups in total. The van der Waals surface area contributed by atoms with Crippen LogP contribution in [0.2, 0.25) is 0 Å². The highest BCUT2D eigenvalue weighted by molar-refractivity contribution is 5.64. The summed E-state index contributed by atoms with van der Waals surface area (Å²) < 4.78 is 0. The Morgan fingerprint density at radius 1 is 0.656 bits per heavy atom. The normalized spacial score (nSPS) is 19.6. The topological polar surface area (TPSA) is 0 Å². The minimum atomic E-state index is 0.544. The van der Waals surface area contributed by atoms with E-state index in [9.17, 15) is 0 Å². The van der Waals surface area contributed by atoms with Gasteiger partial charge < -0.3 is 0 Å². The van der Waals surface area contributed by atoms with E-state index in [4.69, 9.17) is 0 Å². The fourth-order valence-electron chi connectivity index (χ4n) is 5.54. The number of benzene rings is 3. The Morgan fingerprint density at radius 2 is 1.19 bits per heavy atom. The molecule has 3 aromatic carbocycles. The Labute approximate surface area is 196 Å². The monoisotopic (exact) mass is 424 g/mol. The van der Waals surface area contributed by atoms with E-state index in [2.05, 4.69) is 92.7 Å². The van der Waals surface area contributed by atoms with Crippen molar-refractivity contribution in [3.63, 3.8) is 0 Å². The van der Waals surface area contributed by atoms with Gasteiger partial charge in [-0.25, -0.2) is 0 Å². The molecular weight excluding hydrogens is 384 g/mol. The molecule has 0 aromatic heterocycles. The molecule has 0 heteroatoms. The molecule has 1 fully saturated rings. The van der Waals surface area contributed by atoms with Crippen molar-refractivity contribution in [1.82, 2.24) is 0 Å². The van der Waals surface area contributed by atoms with Crippen LogP contribution in [-0.2, 0) is 12.8 Å². The number of hydrogen-bond donors (Lipinski definition) is 0. The number of rotatable bonds is 9. The molecule has 0 aliphatic heterocycles. The van der Waals surface area contributed by atoms with Gasteiger partial charge in [0.1, 0.15) is 0 Å². The van der Waals surface area contributed by atoms with Crippen LogP contribution in [0.5, 0.6) is 0 Å². The summed E-state index contributed by atoms with van der Waals surface area (Å²) in [7, 11) is 0. The van der Waals surface area contributed by atoms with E-state index < -0.39 is 0 Å². The molecular formula is C32H40. The molecule has 1 unspecified atom stereocenters. The molecule has 0 saturated heterocycles. The Morgan fingerprint density at radius 3 is 1.75 bits per heavy atom. The van der Waals surface area contributed by atoms with Crippen molar-refractivity contribution in [2.75, 3.05) is 0 Å². The fourth-order valence-corrected chi connectivity index (χ4v) is 5.54. The standard InChI is InChI=1S/C32H40/c1-3-7-26-10-12-27(13-11-26)14-15-28-16-20-31(21-17-28)32-22-18-29(19-23-32)24-25(2)30-8-5-4-6-9-30/h4-6,8-9,16-23,25-27H,3,7,10-15,24H2,1-2H3. The third kappa shape index (κ3) is 6.35. The maximum atomic E-state index is 2.35. The van der Waals surface area contributed by atoms with Crippen LogP contribution in [0.4, 0.5) is 0 Å². The zero-order chi connectivity index (χ0) is 22.2. The minimum absolute atomic E-state index is 0.544. The first-order valence-electron chi connectivity index (χ1n) is 12.9. The van der Waals surface area contributed by atoms with Crippen LogP contribution in [0.3, 0.4) is 0 Å². The van der Waals surface area contributed by atoms with Crippen LogP contribution in [0.1, 0.15) is 81.4 Å². The summed E-state index contributed by atoms with van der Waals surface area (Å²) in [5.41, 5.74) is 6.98. The molecule has 0 spiro atoms. The molecule has 0 bridgehead atoms. The molecule has 3 aromatic rings. The van der Waals surface area contributed by atoms with E-state index >= 15 is 0 Å². The fraction of sp³-hybridized carbons (Fsp3) is 0.438. The third-order valence-electron chi connectivity index (χ3n) is 7.66. The maximum absolute atomic E-state index is 2.35. The van der Waals surface area contributed by atoms with Gasteiger partial charge in [0.05, 0.1) is 0 Å². The van der Waals surface area contributed by atoms with Gasteiger partial charge in [-0.3, -0.25) is 0 Å². The van der Waals surface area contributed by atoms with Crippen molar-refractivity contribution >= 4 is 0 Å². The van der Waals surface area contributed by atoms with Crippen LogP contribution < -0.4 is 0 Å². The van der Waals surface area contributed by atoms with E-state index in [0.29, 0.717) is 5.92 Å². The van der Waals surface area contributed by atoms with Crippen molar-refractivity contribution < 1.29 is 0 Å². The molecule has 32 heavy (non-hydrogen) atoms. The molecule has 0 nitrogen and oxygen atoms in total. The van der Waals surface area contributed by atoms with Gasteiger partial charge in [-0.05, 0) is 64.8 Å². The first-order valence-corrected chi connectivity index (χ1v) is 12.9. The lowest BCUT2D eigenvalue weighted by Gasteiger charge is -2.28. The van der Waals surface area contributed by atoms with Crippen LogP contribution in [0.15, 0.2) is 78.9 Å². The molecule has 1 aliphatic rings. The summed E-state index contributed by atoms with van der Waals surface area (Å²) in [5, 5.41) is 0. The second kappa shape index (κ2) is 11.5. The van der Waals surface area contributed by atoms with E-state index in [1.54, 1.807) is 0 Å². The number of hydrogen-bond acceptors (Lipinski definition) is 0. The lowest BCUT2D eigenvalue weighted by atomic mass is 9.78. The summed E-state index contributed by atoms with van der Waals surface area (Å²) in [5.74, 6) is 2.51. The summed E-state index contributed by atoms with van der Waals surface area (Å²) in [6.45, 7) is 4.65. The lowest BCUT2D eigenvalue weighted by Crippen LogP contribution is -2.15. The highest BCUT2D eigenvalue weighted by atomic mass is 14.3. The van der Waals surface area contributed by atoms with Gasteiger partial charge in [-0.15, -0.1) is 0 Å². The highest BCUT2D eigenvalue weighted by Gasteiger charge is 2.20. The van der Waals surface area contributed by atoms with Crippen molar-refractivity contribution in [3.05, 3.63) is 95.6 Å². The third-order valence-corrected chi connectivity index (χ3v) is 7.66. The van der Waals surface area contributed by atoms with Crippen molar-refractivity contribution in [2.24, 2.45) is 11.8 Å². The Kier molecular flexibility index (Phi) is 8.21.